The largest absolute Gasteiger partial charge is 0.322 e. The Kier molecular flexibility index (Phi) is 6.36. The number of carbonyl (C=O) groups is 1. The number of amides is 1. The summed E-state index contributed by atoms with van der Waals surface area (Å²) in [6.07, 6.45) is 0. The highest BCUT2D eigenvalue weighted by atomic mass is 127. The third-order valence-electron chi connectivity index (χ3n) is 3.56. The van der Waals surface area contributed by atoms with Crippen molar-refractivity contribution in [1.29, 1.82) is 0 Å². The van der Waals surface area contributed by atoms with Gasteiger partial charge in [0.2, 0.25) is 10.0 Å². The Morgan fingerprint density at radius 3 is 2.04 bits per heavy atom. The van der Waals surface area contributed by atoms with E-state index in [2.05, 4.69) is 27.9 Å². The Labute approximate surface area is 156 Å². The highest BCUT2D eigenvalue weighted by Crippen LogP contribution is 2.19. The van der Waals surface area contributed by atoms with Crippen LogP contribution in [0.4, 0.5) is 5.69 Å². The number of nitrogens with one attached hydrogen (secondary N) is 1. The first-order valence-electron chi connectivity index (χ1n) is 7.55. The SMILES string of the molecule is CCN(CC)S(=O)(=O)c1ccc(NC(=O)c2ccc(I)cc2)cc1. The van der Waals surface area contributed by atoms with Crippen LogP contribution < -0.4 is 5.32 Å². The molecule has 0 radical (unpaired) electrons. The van der Waals surface area contributed by atoms with E-state index in [-0.39, 0.29) is 10.8 Å². The van der Waals surface area contributed by atoms with Gasteiger partial charge in [0.25, 0.3) is 5.91 Å². The molecule has 0 aromatic heterocycles. The molecule has 0 atom stereocenters. The van der Waals surface area contributed by atoms with Gasteiger partial charge < -0.3 is 5.32 Å². The van der Waals surface area contributed by atoms with E-state index in [0.717, 1.165) is 3.57 Å². The fourth-order valence-electron chi connectivity index (χ4n) is 2.23. The van der Waals surface area contributed by atoms with Crippen molar-refractivity contribution in [3.05, 3.63) is 57.7 Å². The molecule has 2 aromatic rings. The third kappa shape index (κ3) is 4.34. The molecule has 0 bridgehead atoms. The number of sulfonamides is 1. The van der Waals surface area contributed by atoms with Crippen LogP contribution in [0.15, 0.2) is 53.4 Å². The number of anilines is 1. The van der Waals surface area contributed by atoms with Crippen molar-refractivity contribution in [2.45, 2.75) is 18.7 Å². The van der Waals surface area contributed by atoms with E-state index >= 15 is 0 Å². The van der Waals surface area contributed by atoms with Crippen LogP contribution in [0.2, 0.25) is 0 Å². The Balaban J connectivity index is 2.15. The van der Waals surface area contributed by atoms with E-state index in [1.54, 1.807) is 38.1 Å². The van der Waals surface area contributed by atoms with Crippen LogP contribution in [0.5, 0.6) is 0 Å². The molecule has 0 aliphatic heterocycles. The fraction of sp³-hybridized carbons (Fsp3) is 0.235. The fourth-order valence-corrected chi connectivity index (χ4v) is 4.04. The van der Waals surface area contributed by atoms with Crippen LogP contribution in [0.1, 0.15) is 24.2 Å². The number of benzene rings is 2. The molecular weight excluding hydrogens is 439 g/mol. The molecular formula is C17H19IN2O3S. The number of hydrogen-bond donors (Lipinski definition) is 1. The molecule has 0 unspecified atom stereocenters. The third-order valence-corrected chi connectivity index (χ3v) is 6.35. The summed E-state index contributed by atoms with van der Waals surface area (Å²) in [5.74, 6) is -0.231. The number of hydrogen-bond acceptors (Lipinski definition) is 3. The van der Waals surface area contributed by atoms with Gasteiger partial charge in [-0.25, -0.2) is 8.42 Å². The van der Waals surface area contributed by atoms with Gasteiger partial charge in [-0.2, -0.15) is 4.31 Å². The van der Waals surface area contributed by atoms with Gasteiger partial charge in [-0.1, -0.05) is 13.8 Å². The predicted molar refractivity (Wildman–Crippen MR) is 104 cm³/mol. The molecule has 7 heteroatoms. The van der Waals surface area contributed by atoms with E-state index in [1.165, 1.54) is 16.4 Å². The maximum Gasteiger partial charge on any atom is 0.255 e. The normalized spacial score (nSPS) is 11.5. The summed E-state index contributed by atoms with van der Waals surface area (Å²) < 4.78 is 27.3. The number of nitrogens with zero attached hydrogens (tertiary/aromatic N) is 1. The summed E-state index contributed by atoms with van der Waals surface area (Å²) in [6.45, 7) is 4.45. The molecule has 2 aromatic carbocycles. The molecule has 128 valence electrons. The number of halogens is 1. The second-order valence-corrected chi connectivity index (χ2v) is 8.26. The lowest BCUT2D eigenvalue weighted by atomic mass is 10.2. The van der Waals surface area contributed by atoms with Crippen molar-refractivity contribution in [2.75, 3.05) is 18.4 Å². The molecule has 0 saturated heterocycles. The lowest BCUT2D eigenvalue weighted by molar-refractivity contribution is 0.102. The van der Waals surface area contributed by atoms with Gasteiger partial charge in [-0.15, -0.1) is 0 Å². The highest BCUT2D eigenvalue weighted by molar-refractivity contribution is 14.1. The molecule has 0 saturated carbocycles. The van der Waals surface area contributed by atoms with Gasteiger partial charge in [-0.05, 0) is 71.1 Å². The van der Waals surface area contributed by atoms with E-state index in [4.69, 9.17) is 0 Å². The monoisotopic (exact) mass is 458 g/mol. The van der Waals surface area contributed by atoms with Crippen LogP contribution in [-0.4, -0.2) is 31.7 Å². The van der Waals surface area contributed by atoms with Crippen molar-refractivity contribution in [3.8, 4) is 0 Å². The van der Waals surface area contributed by atoms with Crippen molar-refractivity contribution < 1.29 is 13.2 Å². The summed E-state index contributed by atoms with van der Waals surface area (Å²) in [5, 5.41) is 2.76. The average Bonchev–Trinajstić information content (AvgIpc) is 2.56. The molecule has 1 N–H and O–H groups in total. The molecule has 1 amide bonds. The van der Waals surface area contributed by atoms with Gasteiger partial charge in [0, 0.05) is 27.9 Å². The smallest absolute Gasteiger partial charge is 0.255 e. The zero-order chi connectivity index (χ0) is 17.7. The summed E-state index contributed by atoms with van der Waals surface area (Å²) in [5.41, 5.74) is 1.10. The maximum atomic E-state index is 12.4. The van der Waals surface area contributed by atoms with Crippen molar-refractivity contribution in [2.24, 2.45) is 0 Å². The zero-order valence-corrected chi connectivity index (χ0v) is 16.5. The van der Waals surface area contributed by atoms with E-state index in [0.29, 0.717) is 24.3 Å². The van der Waals surface area contributed by atoms with Gasteiger partial charge in [0.05, 0.1) is 4.90 Å². The quantitative estimate of drug-likeness (QED) is 0.674. The first-order chi connectivity index (χ1) is 11.4. The molecule has 24 heavy (non-hydrogen) atoms. The number of rotatable bonds is 6. The van der Waals surface area contributed by atoms with E-state index < -0.39 is 10.0 Å². The van der Waals surface area contributed by atoms with Crippen LogP contribution >= 0.6 is 22.6 Å². The predicted octanol–water partition coefficient (Wildman–Crippen LogP) is 3.57. The summed E-state index contributed by atoms with van der Waals surface area (Å²) >= 11 is 2.17. The van der Waals surface area contributed by atoms with Crippen LogP contribution in [0.3, 0.4) is 0 Å². The first-order valence-corrected chi connectivity index (χ1v) is 10.1. The molecule has 2 rings (SSSR count). The van der Waals surface area contributed by atoms with Gasteiger partial charge in [0.1, 0.15) is 0 Å². The molecule has 0 fully saturated rings. The van der Waals surface area contributed by atoms with Crippen LogP contribution in [-0.2, 0) is 10.0 Å². The van der Waals surface area contributed by atoms with Crippen LogP contribution in [0.25, 0.3) is 0 Å². The van der Waals surface area contributed by atoms with Gasteiger partial charge >= 0.3 is 0 Å². The average molecular weight is 458 g/mol. The second kappa shape index (κ2) is 8.09. The highest BCUT2D eigenvalue weighted by Gasteiger charge is 2.21. The van der Waals surface area contributed by atoms with E-state index in [9.17, 15) is 13.2 Å². The summed E-state index contributed by atoms with van der Waals surface area (Å²) in [7, 11) is -3.48. The molecule has 0 spiro atoms. The standard InChI is InChI=1S/C17H19IN2O3S/c1-3-20(4-2)24(22,23)16-11-9-15(10-12-16)19-17(21)13-5-7-14(18)8-6-13/h5-12H,3-4H2,1-2H3,(H,19,21). The second-order valence-electron chi connectivity index (χ2n) is 5.07. The Morgan fingerprint density at radius 2 is 1.54 bits per heavy atom. The van der Waals surface area contributed by atoms with Crippen molar-refractivity contribution in [3.63, 3.8) is 0 Å². The number of carbonyl (C=O) groups excluding carboxylic acids is 1. The Hall–Kier alpha value is -1.45. The minimum atomic E-state index is -3.48. The first kappa shape index (κ1) is 18.9. The lowest BCUT2D eigenvalue weighted by Crippen LogP contribution is -2.30. The minimum absolute atomic E-state index is 0.221. The maximum absolute atomic E-state index is 12.4. The summed E-state index contributed by atoms with van der Waals surface area (Å²) in [6, 6.07) is 13.4. The van der Waals surface area contributed by atoms with Crippen LogP contribution in [0, 0.1) is 3.57 Å². The lowest BCUT2D eigenvalue weighted by Gasteiger charge is -2.18. The Morgan fingerprint density at radius 1 is 1.00 bits per heavy atom. The zero-order valence-electron chi connectivity index (χ0n) is 13.5. The van der Waals surface area contributed by atoms with Crippen molar-refractivity contribution in [1.82, 2.24) is 4.31 Å². The van der Waals surface area contributed by atoms with E-state index in [1.807, 2.05) is 12.1 Å². The molecule has 0 aliphatic carbocycles. The molecule has 0 heterocycles. The van der Waals surface area contributed by atoms with Gasteiger partial charge in [-0.3, -0.25) is 4.79 Å². The summed E-state index contributed by atoms with van der Waals surface area (Å²) in [4.78, 5) is 12.4. The van der Waals surface area contributed by atoms with Crippen molar-refractivity contribution >= 4 is 44.2 Å². The molecule has 0 aliphatic rings. The Bertz CT molecular complexity index is 799. The molecule has 5 nitrogen and oxygen atoms in total. The van der Waals surface area contributed by atoms with Gasteiger partial charge in [0.15, 0.2) is 0 Å². The minimum Gasteiger partial charge on any atom is -0.322 e. The topological polar surface area (TPSA) is 66.5 Å².